The lowest BCUT2D eigenvalue weighted by Crippen LogP contribution is -2.57. The average Bonchev–Trinajstić information content (AvgIpc) is 3.56. The van der Waals surface area contributed by atoms with Crippen LogP contribution < -0.4 is 11.1 Å². The molecule has 4 aromatic heterocycles. The predicted octanol–water partition coefficient (Wildman–Crippen LogP) is 3.85. The van der Waals surface area contributed by atoms with E-state index in [0.29, 0.717) is 17.0 Å². The molecule has 0 spiro atoms. The predicted molar refractivity (Wildman–Crippen MR) is 144 cm³/mol. The maximum Gasteiger partial charge on any atom is 0.148 e. The molecule has 0 aromatic carbocycles. The number of nitrogens with zero attached hydrogens (tertiary/aromatic N) is 7. The van der Waals surface area contributed by atoms with Crippen LogP contribution in [0.25, 0.3) is 28.2 Å². The van der Waals surface area contributed by atoms with E-state index in [1.54, 1.807) is 23.0 Å². The Balaban J connectivity index is 1.39. The Morgan fingerprint density at radius 1 is 1.15 bits per heavy atom. The molecule has 2 bridgehead atoms. The number of hydrogen-bond acceptors (Lipinski definition) is 8. The molecule has 0 saturated heterocycles. The quantitative estimate of drug-likeness (QED) is 0.328. The number of halogens is 1. The molecular formula is C28H32FN9O. The summed E-state index contributed by atoms with van der Waals surface area (Å²) in [6.45, 7) is 2.76. The van der Waals surface area contributed by atoms with E-state index in [2.05, 4.69) is 26.8 Å². The van der Waals surface area contributed by atoms with Gasteiger partial charge in [-0.3, -0.25) is 4.98 Å². The molecule has 0 radical (unpaired) electrons. The number of anilines is 1. The summed E-state index contributed by atoms with van der Waals surface area (Å²) in [6.07, 6.45) is 9.36. The van der Waals surface area contributed by atoms with Gasteiger partial charge in [0.05, 0.1) is 47.0 Å². The van der Waals surface area contributed by atoms with Crippen molar-refractivity contribution in [2.24, 2.45) is 5.73 Å². The standard InChI is InChI=1S/C28H32FN9O/c1-26(2,39)25(29)17-37-16-23(35-36-37)20-15-32-22(24-4-3-19-11-18(13-30)14-33-38(19)24)12-21(20)34-28-8-5-27(31,6-9-28)7-10-28/h3-4,11-12,14-16,25,39H,5-10,17,31H2,1-2H3,(H,32,34). The molecule has 1 atom stereocenters. The van der Waals surface area contributed by atoms with Gasteiger partial charge in [0.25, 0.3) is 0 Å². The number of aliphatic hydroxyl groups is 1. The summed E-state index contributed by atoms with van der Waals surface area (Å²) >= 11 is 0. The molecule has 10 nitrogen and oxygen atoms in total. The Kier molecular flexibility index (Phi) is 5.93. The average molecular weight is 530 g/mol. The highest BCUT2D eigenvalue weighted by molar-refractivity contribution is 5.79. The summed E-state index contributed by atoms with van der Waals surface area (Å²) < 4.78 is 17.7. The van der Waals surface area contributed by atoms with Gasteiger partial charge in [-0.25, -0.2) is 13.6 Å². The number of hydrogen-bond donors (Lipinski definition) is 3. The van der Waals surface area contributed by atoms with Crippen molar-refractivity contribution in [3.63, 3.8) is 0 Å². The fourth-order valence-electron chi connectivity index (χ4n) is 5.74. The van der Waals surface area contributed by atoms with Crippen LogP contribution in [0.15, 0.2) is 42.9 Å². The molecule has 3 saturated carbocycles. The number of nitrogens with two attached hydrogens (primary N) is 1. The third kappa shape index (κ3) is 4.75. The molecule has 4 heterocycles. The third-order valence-electron chi connectivity index (χ3n) is 8.43. The van der Waals surface area contributed by atoms with Gasteiger partial charge in [-0.2, -0.15) is 10.4 Å². The summed E-state index contributed by atoms with van der Waals surface area (Å²) in [5, 5.41) is 36.0. The van der Waals surface area contributed by atoms with E-state index in [9.17, 15) is 14.8 Å². The Bertz CT molecular complexity index is 1550. The summed E-state index contributed by atoms with van der Waals surface area (Å²) in [6, 6.07) is 9.76. The number of rotatable bonds is 7. The molecule has 11 heteroatoms. The number of nitrogens with one attached hydrogen (secondary N) is 1. The van der Waals surface area contributed by atoms with Crippen molar-refractivity contribution < 1.29 is 9.50 Å². The lowest BCUT2D eigenvalue weighted by atomic mass is 9.62. The van der Waals surface area contributed by atoms with Crippen molar-refractivity contribution in [3.05, 3.63) is 48.4 Å². The minimum Gasteiger partial charge on any atom is -0.387 e. The van der Waals surface area contributed by atoms with Gasteiger partial charge in [-0.1, -0.05) is 5.21 Å². The van der Waals surface area contributed by atoms with Crippen LogP contribution in [-0.2, 0) is 6.54 Å². The molecule has 0 aliphatic heterocycles. The highest BCUT2D eigenvalue weighted by Crippen LogP contribution is 2.48. The van der Waals surface area contributed by atoms with E-state index in [1.807, 2.05) is 18.2 Å². The first kappa shape index (κ1) is 25.4. The summed E-state index contributed by atoms with van der Waals surface area (Å²) in [5.41, 5.74) is 9.95. The highest BCUT2D eigenvalue weighted by Gasteiger charge is 2.46. The minimum atomic E-state index is -1.50. The van der Waals surface area contributed by atoms with E-state index >= 15 is 0 Å². The molecule has 7 rings (SSSR count). The van der Waals surface area contributed by atoms with E-state index in [4.69, 9.17) is 10.7 Å². The summed E-state index contributed by atoms with van der Waals surface area (Å²) in [7, 11) is 0. The van der Waals surface area contributed by atoms with Crippen molar-refractivity contribution in [1.82, 2.24) is 29.6 Å². The largest absolute Gasteiger partial charge is 0.387 e. The molecule has 0 amide bonds. The van der Waals surface area contributed by atoms with Gasteiger partial charge >= 0.3 is 0 Å². The van der Waals surface area contributed by atoms with E-state index in [1.165, 1.54) is 24.7 Å². The van der Waals surface area contributed by atoms with Crippen molar-refractivity contribution in [2.45, 2.75) is 81.8 Å². The molecule has 202 valence electrons. The van der Waals surface area contributed by atoms with E-state index < -0.39 is 11.8 Å². The van der Waals surface area contributed by atoms with Crippen LogP contribution in [0.5, 0.6) is 0 Å². The van der Waals surface area contributed by atoms with Crippen molar-refractivity contribution >= 4 is 11.2 Å². The third-order valence-corrected chi connectivity index (χ3v) is 8.43. The molecule has 3 fully saturated rings. The van der Waals surface area contributed by atoms with E-state index in [-0.39, 0.29) is 17.6 Å². The van der Waals surface area contributed by atoms with Gasteiger partial charge in [0.1, 0.15) is 17.9 Å². The lowest BCUT2D eigenvalue weighted by molar-refractivity contribution is -0.0120. The number of fused-ring (bicyclic) bond motifs is 4. The smallest absolute Gasteiger partial charge is 0.148 e. The van der Waals surface area contributed by atoms with Crippen molar-refractivity contribution in [3.8, 4) is 28.7 Å². The maximum absolute atomic E-state index is 14.5. The fourth-order valence-corrected chi connectivity index (χ4v) is 5.74. The van der Waals surface area contributed by atoms with Gasteiger partial charge in [0.2, 0.25) is 0 Å². The first-order valence-electron chi connectivity index (χ1n) is 13.3. The second-order valence-corrected chi connectivity index (χ2v) is 11.7. The van der Waals surface area contributed by atoms with Crippen LogP contribution in [0.2, 0.25) is 0 Å². The second kappa shape index (κ2) is 9.10. The fraction of sp³-hybridized carbons (Fsp3) is 0.464. The Hall–Kier alpha value is -3.88. The monoisotopic (exact) mass is 529 g/mol. The Morgan fingerprint density at radius 2 is 1.90 bits per heavy atom. The number of aromatic nitrogens is 6. The molecule has 4 aromatic rings. The number of pyridine rings is 1. The van der Waals surface area contributed by atoms with Crippen LogP contribution >= 0.6 is 0 Å². The number of alkyl halides is 1. The van der Waals surface area contributed by atoms with Crippen LogP contribution in [-0.4, -0.2) is 57.5 Å². The van der Waals surface area contributed by atoms with Gasteiger partial charge in [0.15, 0.2) is 0 Å². The minimum absolute atomic E-state index is 0.0550. The van der Waals surface area contributed by atoms with E-state index in [0.717, 1.165) is 61.0 Å². The zero-order valence-electron chi connectivity index (χ0n) is 22.1. The van der Waals surface area contributed by atoms with Crippen LogP contribution in [0.1, 0.15) is 57.9 Å². The molecule has 3 aliphatic carbocycles. The number of nitriles is 1. The van der Waals surface area contributed by atoms with Crippen LogP contribution in [0.4, 0.5) is 10.1 Å². The van der Waals surface area contributed by atoms with Gasteiger partial charge in [-0.15, -0.1) is 5.10 Å². The zero-order chi connectivity index (χ0) is 27.4. The van der Waals surface area contributed by atoms with Gasteiger partial charge < -0.3 is 16.2 Å². The molecule has 39 heavy (non-hydrogen) atoms. The highest BCUT2D eigenvalue weighted by atomic mass is 19.1. The zero-order valence-corrected chi connectivity index (χ0v) is 22.1. The second-order valence-electron chi connectivity index (χ2n) is 11.7. The lowest BCUT2D eigenvalue weighted by Gasteiger charge is -2.52. The topological polar surface area (TPSA) is 143 Å². The SMILES string of the molecule is CC(C)(O)C(F)Cn1cc(-c2cnc(-c3ccc4cc(C#N)cnn34)cc2NC23CCC(N)(CC2)CC3)nn1. The summed E-state index contributed by atoms with van der Waals surface area (Å²) in [4.78, 5) is 4.75. The van der Waals surface area contributed by atoms with Crippen LogP contribution in [0.3, 0.4) is 0 Å². The van der Waals surface area contributed by atoms with Crippen molar-refractivity contribution in [2.75, 3.05) is 5.32 Å². The van der Waals surface area contributed by atoms with Crippen molar-refractivity contribution in [1.29, 1.82) is 5.26 Å². The Morgan fingerprint density at radius 3 is 2.59 bits per heavy atom. The molecule has 1 unspecified atom stereocenters. The Labute approximate surface area is 225 Å². The molecule has 4 N–H and O–H groups in total. The normalized spacial score (nSPS) is 23.6. The first-order chi connectivity index (χ1) is 18.6. The molecular weight excluding hydrogens is 497 g/mol. The van der Waals surface area contributed by atoms with Gasteiger partial charge in [-0.05, 0) is 76.6 Å². The first-order valence-corrected chi connectivity index (χ1v) is 13.3. The van der Waals surface area contributed by atoms with Gasteiger partial charge in [0, 0.05) is 28.5 Å². The molecule has 3 aliphatic rings. The maximum atomic E-state index is 14.5. The van der Waals surface area contributed by atoms with Crippen LogP contribution in [0, 0.1) is 11.3 Å². The summed E-state index contributed by atoms with van der Waals surface area (Å²) in [5.74, 6) is 0.